The third kappa shape index (κ3) is 3.49. The van der Waals surface area contributed by atoms with E-state index >= 15 is 0 Å². The zero-order valence-corrected chi connectivity index (χ0v) is 13.6. The lowest BCUT2D eigenvalue weighted by Gasteiger charge is -2.16. The highest BCUT2D eigenvalue weighted by Gasteiger charge is 2.51. The summed E-state index contributed by atoms with van der Waals surface area (Å²) < 4.78 is 45.8. The molecule has 2 aliphatic rings. The maximum Gasteiger partial charge on any atom is 0.297 e. The zero-order chi connectivity index (χ0) is 16.0. The van der Waals surface area contributed by atoms with Gasteiger partial charge in [0.2, 0.25) is 0 Å². The van der Waals surface area contributed by atoms with Crippen LogP contribution in [0.25, 0.3) is 0 Å². The highest BCUT2D eigenvalue weighted by Crippen LogP contribution is 2.35. The van der Waals surface area contributed by atoms with E-state index in [1.165, 1.54) is 12.1 Å². The summed E-state index contributed by atoms with van der Waals surface area (Å²) in [6.45, 7) is 6.00. The molecule has 0 amide bonds. The SMILES string of the molecule is Cc1ccc(S(=O)(=O)OC[C@@H]2O[C@H]2[C@H]2COC(C)(C)O2)cc1. The average molecular weight is 328 g/mol. The number of benzene rings is 1. The van der Waals surface area contributed by atoms with Gasteiger partial charge >= 0.3 is 0 Å². The van der Waals surface area contributed by atoms with Gasteiger partial charge in [-0.15, -0.1) is 0 Å². The molecular weight excluding hydrogens is 308 g/mol. The van der Waals surface area contributed by atoms with Gasteiger partial charge in [0, 0.05) is 0 Å². The van der Waals surface area contributed by atoms with Crippen LogP contribution in [0.1, 0.15) is 19.4 Å². The van der Waals surface area contributed by atoms with Gasteiger partial charge in [0.25, 0.3) is 10.1 Å². The van der Waals surface area contributed by atoms with Gasteiger partial charge in [-0.05, 0) is 32.9 Å². The zero-order valence-electron chi connectivity index (χ0n) is 12.8. The molecule has 2 saturated heterocycles. The Kier molecular flexibility index (Phi) is 4.03. The number of aryl methyl sites for hydroxylation is 1. The van der Waals surface area contributed by atoms with Crippen LogP contribution in [-0.4, -0.2) is 45.7 Å². The first-order valence-corrected chi connectivity index (χ1v) is 8.61. The maximum absolute atomic E-state index is 12.1. The molecule has 1 aromatic carbocycles. The minimum absolute atomic E-state index is 0.0127. The fraction of sp³-hybridized carbons (Fsp3) is 0.600. The largest absolute Gasteiger partial charge is 0.364 e. The lowest BCUT2D eigenvalue weighted by atomic mass is 10.2. The van der Waals surface area contributed by atoms with Crippen LogP contribution >= 0.6 is 0 Å². The molecule has 0 radical (unpaired) electrons. The van der Waals surface area contributed by atoms with E-state index in [1.54, 1.807) is 12.1 Å². The predicted molar refractivity (Wildman–Crippen MR) is 77.9 cm³/mol. The monoisotopic (exact) mass is 328 g/mol. The molecule has 0 N–H and O–H groups in total. The van der Waals surface area contributed by atoms with E-state index in [9.17, 15) is 8.42 Å². The van der Waals surface area contributed by atoms with Gasteiger partial charge in [-0.25, -0.2) is 0 Å². The molecule has 2 fully saturated rings. The summed E-state index contributed by atoms with van der Waals surface area (Å²) in [5, 5.41) is 0. The van der Waals surface area contributed by atoms with Crippen LogP contribution in [0.3, 0.4) is 0 Å². The maximum atomic E-state index is 12.1. The molecule has 22 heavy (non-hydrogen) atoms. The van der Waals surface area contributed by atoms with Crippen LogP contribution in [0.4, 0.5) is 0 Å². The summed E-state index contributed by atoms with van der Waals surface area (Å²) in [6, 6.07) is 6.54. The van der Waals surface area contributed by atoms with Gasteiger partial charge < -0.3 is 14.2 Å². The van der Waals surface area contributed by atoms with E-state index in [2.05, 4.69) is 0 Å². The highest BCUT2D eigenvalue weighted by molar-refractivity contribution is 7.86. The minimum atomic E-state index is -3.75. The Balaban J connectivity index is 1.52. The van der Waals surface area contributed by atoms with Crippen molar-refractivity contribution in [1.82, 2.24) is 0 Å². The van der Waals surface area contributed by atoms with Crippen molar-refractivity contribution in [3.05, 3.63) is 29.8 Å². The fourth-order valence-electron chi connectivity index (χ4n) is 2.42. The Labute approximate surface area is 130 Å². The van der Waals surface area contributed by atoms with Gasteiger partial charge in [0.15, 0.2) is 5.79 Å². The van der Waals surface area contributed by atoms with E-state index in [1.807, 2.05) is 20.8 Å². The van der Waals surface area contributed by atoms with E-state index in [4.69, 9.17) is 18.4 Å². The van der Waals surface area contributed by atoms with Gasteiger partial charge in [-0.3, -0.25) is 4.18 Å². The number of rotatable bonds is 5. The summed E-state index contributed by atoms with van der Waals surface area (Å²) in [5.74, 6) is -0.615. The van der Waals surface area contributed by atoms with Crippen molar-refractivity contribution in [3.8, 4) is 0 Å². The topological polar surface area (TPSA) is 74.4 Å². The van der Waals surface area contributed by atoms with E-state index < -0.39 is 15.9 Å². The Morgan fingerprint density at radius 3 is 2.55 bits per heavy atom. The molecule has 2 heterocycles. The highest BCUT2D eigenvalue weighted by atomic mass is 32.2. The second-order valence-electron chi connectivity index (χ2n) is 6.06. The molecular formula is C15H20O6S. The van der Waals surface area contributed by atoms with Crippen LogP contribution in [0, 0.1) is 6.92 Å². The summed E-state index contributed by atoms with van der Waals surface area (Å²) in [7, 11) is -3.75. The summed E-state index contributed by atoms with van der Waals surface area (Å²) in [4.78, 5) is 0.150. The van der Waals surface area contributed by atoms with E-state index in [0.717, 1.165) is 5.56 Å². The molecule has 6 nitrogen and oxygen atoms in total. The van der Waals surface area contributed by atoms with Crippen LogP contribution in [0.2, 0.25) is 0 Å². The average Bonchev–Trinajstić information content (AvgIpc) is 3.13. The lowest BCUT2D eigenvalue weighted by molar-refractivity contribution is -0.140. The van der Waals surface area contributed by atoms with Gasteiger partial charge in [-0.2, -0.15) is 8.42 Å². The van der Waals surface area contributed by atoms with E-state index in [-0.39, 0.29) is 29.8 Å². The first-order valence-electron chi connectivity index (χ1n) is 7.20. The Bertz CT molecular complexity index is 637. The molecule has 0 saturated carbocycles. The number of epoxide rings is 1. The predicted octanol–water partition coefficient (Wildman–Crippen LogP) is 1.62. The Morgan fingerprint density at radius 2 is 1.95 bits per heavy atom. The quantitative estimate of drug-likeness (QED) is 0.604. The van der Waals surface area contributed by atoms with Crippen LogP contribution in [0.5, 0.6) is 0 Å². The molecule has 7 heteroatoms. The molecule has 3 rings (SSSR count). The molecule has 1 aromatic rings. The molecule has 0 unspecified atom stereocenters. The van der Waals surface area contributed by atoms with Gasteiger partial charge in [0.05, 0.1) is 18.1 Å². The number of hydrogen-bond acceptors (Lipinski definition) is 6. The first kappa shape index (κ1) is 15.9. The van der Waals surface area contributed by atoms with Crippen molar-refractivity contribution < 1.29 is 26.8 Å². The number of ether oxygens (including phenoxy) is 3. The first-order chi connectivity index (χ1) is 10.3. The molecule has 0 bridgehead atoms. The summed E-state index contributed by atoms with van der Waals surface area (Å²) in [5.41, 5.74) is 0.991. The van der Waals surface area contributed by atoms with Crippen LogP contribution in [-0.2, 0) is 28.5 Å². The molecule has 0 spiro atoms. The van der Waals surface area contributed by atoms with Crippen molar-refractivity contribution in [2.24, 2.45) is 0 Å². The molecule has 122 valence electrons. The van der Waals surface area contributed by atoms with Crippen molar-refractivity contribution in [2.45, 2.75) is 49.8 Å². The van der Waals surface area contributed by atoms with Crippen LogP contribution < -0.4 is 0 Å². The second-order valence-corrected chi connectivity index (χ2v) is 7.67. The Hall–Kier alpha value is -0.990. The van der Waals surface area contributed by atoms with Gasteiger partial charge in [-0.1, -0.05) is 17.7 Å². The summed E-state index contributed by atoms with van der Waals surface area (Å²) in [6.07, 6.45) is -0.622. The van der Waals surface area contributed by atoms with Crippen molar-refractivity contribution in [3.63, 3.8) is 0 Å². The lowest BCUT2D eigenvalue weighted by Crippen LogP contribution is -2.26. The van der Waals surface area contributed by atoms with Crippen molar-refractivity contribution in [1.29, 1.82) is 0 Å². The molecule has 2 aliphatic heterocycles. The third-order valence-corrected chi connectivity index (χ3v) is 5.01. The molecule has 0 aliphatic carbocycles. The second kappa shape index (κ2) is 5.58. The number of hydrogen-bond donors (Lipinski definition) is 0. The van der Waals surface area contributed by atoms with E-state index in [0.29, 0.717) is 6.61 Å². The minimum Gasteiger partial charge on any atom is -0.364 e. The molecule has 0 aromatic heterocycles. The van der Waals surface area contributed by atoms with Crippen molar-refractivity contribution >= 4 is 10.1 Å². The fourth-order valence-corrected chi connectivity index (χ4v) is 3.34. The standard InChI is InChI=1S/C15H20O6S/c1-10-4-6-11(7-5-10)22(16,17)19-9-12-14(20-12)13-8-18-15(2,3)21-13/h4-7,12-14H,8-9H2,1-3H3/t12-,13+,14+/m0/s1. The van der Waals surface area contributed by atoms with Crippen molar-refractivity contribution in [2.75, 3.05) is 13.2 Å². The smallest absolute Gasteiger partial charge is 0.297 e. The summed E-state index contributed by atoms with van der Waals surface area (Å²) >= 11 is 0. The normalized spacial score (nSPS) is 30.4. The molecule has 3 atom stereocenters. The van der Waals surface area contributed by atoms with Gasteiger partial charge in [0.1, 0.15) is 18.3 Å². The third-order valence-electron chi connectivity index (χ3n) is 3.72. The Morgan fingerprint density at radius 1 is 1.27 bits per heavy atom. The van der Waals surface area contributed by atoms with Crippen LogP contribution in [0.15, 0.2) is 29.2 Å².